The van der Waals surface area contributed by atoms with Crippen LogP contribution in [0.2, 0.25) is 5.02 Å². The molecule has 1 unspecified atom stereocenters. The molecule has 2 aliphatic rings. The zero-order chi connectivity index (χ0) is 21.3. The van der Waals surface area contributed by atoms with Crippen LogP contribution in [0.5, 0.6) is 0 Å². The molecule has 30 heavy (non-hydrogen) atoms. The first-order valence-corrected chi connectivity index (χ1v) is 10.8. The molecule has 9 heteroatoms. The van der Waals surface area contributed by atoms with Gasteiger partial charge in [0.1, 0.15) is 11.6 Å². The van der Waals surface area contributed by atoms with Crippen LogP contribution in [0, 0.1) is 11.7 Å². The van der Waals surface area contributed by atoms with Crippen molar-refractivity contribution < 1.29 is 13.9 Å². The standard InChI is InChI=1S/C21H26ClFN4O3/c1-30-13-14-7-10-25(11-8-14)20(28)15-4-3-9-26-19(15)24-27(21(26)29)12-16-17(22)5-2-6-18(16)23/h2,5-6,14-15H,3-4,7-13H2,1H3. The van der Waals surface area contributed by atoms with E-state index in [1.165, 1.54) is 16.8 Å². The van der Waals surface area contributed by atoms with E-state index in [1.54, 1.807) is 17.7 Å². The molecule has 2 aromatic rings. The maximum atomic E-state index is 14.2. The lowest BCUT2D eigenvalue weighted by atomic mass is 9.93. The largest absolute Gasteiger partial charge is 0.384 e. The summed E-state index contributed by atoms with van der Waals surface area (Å²) in [4.78, 5) is 28.0. The molecule has 0 bridgehead atoms. The van der Waals surface area contributed by atoms with Gasteiger partial charge in [-0.3, -0.25) is 9.36 Å². The topological polar surface area (TPSA) is 69.4 Å². The second-order valence-electron chi connectivity index (χ2n) is 8.07. The number of hydrogen-bond donors (Lipinski definition) is 0. The van der Waals surface area contributed by atoms with E-state index < -0.39 is 11.7 Å². The first kappa shape index (κ1) is 21.1. The number of rotatable bonds is 5. The van der Waals surface area contributed by atoms with E-state index in [9.17, 15) is 14.0 Å². The number of nitrogens with zero attached hydrogens (tertiary/aromatic N) is 4. The molecule has 0 spiro atoms. The molecule has 0 aliphatic carbocycles. The summed E-state index contributed by atoms with van der Waals surface area (Å²) in [6.07, 6.45) is 3.22. The number of aromatic nitrogens is 3. The molecule has 1 aromatic carbocycles. The number of methoxy groups -OCH3 is 1. The fourth-order valence-corrected chi connectivity index (χ4v) is 4.68. The number of halogens is 2. The highest BCUT2D eigenvalue weighted by Gasteiger charge is 2.35. The Balaban J connectivity index is 1.55. The maximum Gasteiger partial charge on any atom is 0.346 e. The molecule has 1 aromatic heterocycles. The minimum Gasteiger partial charge on any atom is -0.384 e. The first-order chi connectivity index (χ1) is 14.5. The summed E-state index contributed by atoms with van der Waals surface area (Å²) >= 11 is 6.11. The number of amides is 1. The van der Waals surface area contributed by atoms with E-state index in [0.717, 1.165) is 19.3 Å². The third-order valence-electron chi connectivity index (χ3n) is 6.13. The van der Waals surface area contributed by atoms with Gasteiger partial charge in [0.05, 0.1) is 12.5 Å². The van der Waals surface area contributed by atoms with Crippen LogP contribution in [0.25, 0.3) is 0 Å². The molecule has 162 valence electrons. The highest BCUT2D eigenvalue weighted by atomic mass is 35.5. The molecule has 1 fully saturated rings. The van der Waals surface area contributed by atoms with Crippen LogP contribution in [0.3, 0.4) is 0 Å². The molecule has 3 heterocycles. The summed E-state index contributed by atoms with van der Waals surface area (Å²) in [6.45, 7) is 2.55. The van der Waals surface area contributed by atoms with Crippen LogP contribution in [0.4, 0.5) is 4.39 Å². The van der Waals surface area contributed by atoms with E-state index in [1.807, 2.05) is 4.90 Å². The van der Waals surface area contributed by atoms with Crippen molar-refractivity contribution in [3.05, 3.63) is 50.9 Å². The highest BCUT2D eigenvalue weighted by Crippen LogP contribution is 2.29. The van der Waals surface area contributed by atoms with Gasteiger partial charge < -0.3 is 9.64 Å². The Kier molecular flexibility index (Phi) is 6.24. The molecule has 0 N–H and O–H groups in total. The van der Waals surface area contributed by atoms with Gasteiger partial charge in [-0.05, 0) is 43.7 Å². The van der Waals surface area contributed by atoms with Crippen LogP contribution in [-0.4, -0.2) is 52.0 Å². The number of hydrogen-bond acceptors (Lipinski definition) is 4. The van der Waals surface area contributed by atoms with Gasteiger partial charge in [-0.1, -0.05) is 17.7 Å². The van der Waals surface area contributed by atoms with E-state index in [0.29, 0.717) is 44.4 Å². The number of likely N-dealkylation sites (tertiary alicyclic amines) is 1. The lowest BCUT2D eigenvalue weighted by Crippen LogP contribution is -2.43. The Morgan fingerprint density at radius 1 is 1.27 bits per heavy atom. The fourth-order valence-electron chi connectivity index (χ4n) is 4.45. The highest BCUT2D eigenvalue weighted by molar-refractivity contribution is 6.31. The molecule has 1 atom stereocenters. The molecule has 1 amide bonds. The number of benzene rings is 1. The van der Waals surface area contributed by atoms with Crippen molar-refractivity contribution >= 4 is 17.5 Å². The van der Waals surface area contributed by atoms with E-state index in [-0.39, 0.29) is 28.7 Å². The summed E-state index contributed by atoms with van der Waals surface area (Å²) < 4.78 is 22.2. The average Bonchev–Trinajstić information content (AvgIpc) is 3.07. The predicted octanol–water partition coefficient (Wildman–Crippen LogP) is 2.65. The van der Waals surface area contributed by atoms with Crippen molar-refractivity contribution in [3.63, 3.8) is 0 Å². The van der Waals surface area contributed by atoms with Crippen molar-refractivity contribution in [2.45, 2.75) is 44.7 Å². The Bertz CT molecular complexity index is 961. The van der Waals surface area contributed by atoms with Crippen molar-refractivity contribution in [1.29, 1.82) is 0 Å². The molecule has 0 radical (unpaired) electrons. The SMILES string of the molecule is COCC1CCN(C(=O)C2CCCn3c2nn(Cc2c(F)cccc2Cl)c3=O)CC1. The zero-order valence-electron chi connectivity index (χ0n) is 17.0. The number of piperidine rings is 1. The Labute approximate surface area is 179 Å². The summed E-state index contributed by atoms with van der Waals surface area (Å²) in [5, 5.41) is 4.69. The molecule has 4 rings (SSSR count). The molecule has 7 nitrogen and oxygen atoms in total. The van der Waals surface area contributed by atoms with Crippen LogP contribution >= 0.6 is 11.6 Å². The normalized spacial score (nSPS) is 19.7. The van der Waals surface area contributed by atoms with Gasteiger partial charge in [-0.2, -0.15) is 5.10 Å². The quantitative estimate of drug-likeness (QED) is 0.722. The summed E-state index contributed by atoms with van der Waals surface area (Å²) in [5.74, 6) is 0.0543. The average molecular weight is 437 g/mol. The molecular formula is C21H26ClFN4O3. The van der Waals surface area contributed by atoms with Crippen molar-refractivity contribution in [2.75, 3.05) is 26.8 Å². The van der Waals surface area contributed by atoms with Gasteiger partial charge >= 0.3 is 5.69 Å². The summed E-state index contributed by atoms with van der Waals surface area (Å²) in [5.41, 5.74) is -0.111. The van der Waals surface area contributed by atoms with Gasteiger partial charge in [-0.25, -0.2) is 13.9 Å². The lowest BCUT2D eigenvalue weighted by Gasteiger charge is -2.34. The second-order valence-corrected chi connectivity index (χ2v) is 8.48. The van der Waals surface area contributed by atoms with Gasteiger partial charge in [-0.15, -0.1) is 0 Å². The third kappa shape index (κ3) is 4.03. The molecular weight excluding hydrogens is 411 g/mol. The third-order valence-corrected chi connectivity index (χ3v) is 6.49. The smallest absolute Gasteiger partial charge is 0.346 e. The lowest BCUT2D eigenvalue weighted by molar-refractivity contribution is -0.135. The Morgan fingerprint density at radius 2 is 2.03 bits per heavy atom. The van der Waals surface area contributed by atoms with Gasteiger partial charge in [0.25, 0.3) is 0 Å². The monoisotopic (exact) mass is 436 g/mol. The van der Waals surface area contributed by atoms with E-state index in [4.69, 9.17) is 16.3 Å². The minimum absolute atomic E-state index is 0.0212. The number of ether oxygens (including phenoxy) is 1. The van der Waals surface area contributed by atoms with Crippen LogP contribution < -0.4 is 5.69 Å². The molecule has 2 aliphatic heterocycles. The second kappa shape index (κ2) is 8.89. The van der Waals surface area contributed by atoms with Crippen molar-refractivity contribution in [2.24, 2.45) is 5.92 Å². The van der Waals surface area contributed by atoms with E-state index >= 15 is 0 Å². The van der Waals surface area contributed by atoms with Crippen molar-refractivity contribution in [3.8, 4) is 0 Å². The molecule has 0 saturated carbocycles. The summed E-state index contributed by atoms with van der Waals surface area (Å²) in [6, 6.07) is 4.41. The first-order valence-electron chi connectivity index (χ1n) is 10.4. The van der Waals surface area contributed by atoms with Gasteiger partial charge in [0, 0.05) is 43.9 Å². The Morgan fingerprint density at radius 3 is 2.73 bits per heavy atom. The van der Waals surface area contributed by atoms with Crippen LogP contribution in [-0.2, 0) is 22.6 Å². The summed E-state index contributed by atoms with van der Waals surface area (Å²) in [7, 11) is 1.70. The Hall–Kier alpha value is -2.19. The van der Waals surface area contributed by atoms with Crippen molar-refractivity contribution in [1.82, 2.24) is 19.2 Å². The van der Waals surface area contributed by atoms with Crippen LogP contribution in [0.1, 0.15) is 43.0 Å². The van der Waals surface area contributed by atoms with Crippen LogP contribution in [0.15, 0.2) is 23.0 Å². The number of carbonyl (C=O) groups is 1. The maximum absolute atomic E-state index is 14.2. The number of carbonyl (C=O) groups excluding carboxylic acids is 1. The fraction of sp³-hybridized carbons (Fsp3) is 0.571. The number of fused-ring (bicyclic) bond motifs is 1. The van der Waals surface area contributed by atoms with E-state index in [2.05, 4.69) is 5.10 Å². The molecule has 1 saturated heterocycles. The van der Waals surface area contributed by atoms with Gasteiger partial charge in [0.15, 0.2) is 0 Å². The predicted molar refractivity (Wildman–Crippen MR) is 110 cm³/mol. The van der Waals surface area contributed by atoms with Gasteiger partial charge in [0.2, 0.25) is 5.91 Å². The minimum atomic E-state index is -0.480. The zero-order valence-corrected chi connectivity index (χ0v) is 17.8.